The molecule has 0 amide bonds. The van der Waals surface area contributed by atoms with Gasteiger partial charge in [0.25, 0.3) is 0 Å². The lowest BCUT2D eigenvalue weighted by Gasteiger charge is -2.10. The Morgan fingerprint density at radius 2 is 1.75 bits per heavy atom. The summed E-state index contributed by atoms with van der Waals surface area (Å²) < 4.78 is 24.8. The fourth-order valence-electron chi connectivity index (χ4n) is 1.72. The Morgan fingerprint density at radius 3 is 2.45 bits per heavy atom. The molecule has 106 valence electrons. The summed E-state index contributed by atoms with van der Waals surface area (Å²) in [7, 11) is -3.66. The van der Waals surface area contributed by atoms with Crippen molar-refractivity contribution in [2.24, 2.45) is 0 Å². The molecule has 0 saturated carbocycles. The molecule has 0 fully saturated rings. The van der Waals surface area contributed by atoms with Crippen molar-refractivity contribution in [3.63, 3.8) is 0 Å². The highest BCUT2D eigenvalue weighted by Crippen LogP contribution is 2.30. The molecular weight excluding hydrogens is 341 g/mol. The molecule has 2 rings (SSSR count). The number of anilines is 1. The molecule has 2 N–H and O–H groups in total. The van der Waals surface area contributed by atoms with E-state index in [1.54, 1.807) is 18.2 Å². The van der Waals surface area contributed by atoms with Crippen molar-refractivity contribution in [3.05, 3.63) is 57.0 Å². The van der Waals surface area contributed by atoms with E-state index in [2.05, 4.69) is 0 Å². The standard InChI is InChI=1S/C13H10Cl3NO2S/c14-9-4-5-11(17)12(6-9)20(18,19)7-8-2-1-3-10(15)13(8)16/h1-6H,7,17H2. The fraction of sp³-hybridized carbons (Fsp3) is 0.0769. The van der Waals surface area contributed by atoms with Crippen LogP contribution in [-0.4, -0.2) is 8.42 Å². The fourth-order valence-corrected chi connectivity index (χ4v) is 3.96. The second kappa shape index (κ2) is 5.82. The van der Waals surface area contributed by atoms with Crippen molar-refractivity contribution in [3.8, 4) is 0 Å². The predicted molar refractivity (Wildman–Crippen MR) is 83.2 cm³/mol. The third-order valence-corrected chi connectivity index (χ3v) is 5.50. The molecule has 0 atom stereocenters. The zero-order valence-corrected chi connectivity index (χ0v) is 13.2. The van der Waals surface area contributed by atoms with Crippen LogP contribution < -0.4 is 5.73 Å². The van der Waals surface area contributed by atoms with Crippen molar-refractivity contribution in [1.29, 1.82) is 0 Å². The Kier molecular flexibility index (Phi) is 4.49. The molecule has 0 spiro atoms. The molecule has 20 heavy (non-hydrogen) atoms. The van der Waals surface area contributed by atoms with Gasteiger partial charge in [0.2, 0.25) is 0 Å². The molecule has 0 aliphatic carbocycles. The van der Waals surface area contributed by atoms with E-state index in [0.29, 0.717) is 15.6 Å². The van der Waals surface area contributed by atoms with E-state index < -0.39 is 9.84 Å². The first-order valence-electron chi connectivity index (χ1n) is 5.52. The molecule has 0 aliphatic rings. The molecule has 0 radical (unpaired) electrons. The van der Waals surface area contributed by atoms with Gasteiger partial charge in [-0.15, -0.1) is 0 Å². The van der Waals surface area contributed by atoms with E-state index in [-0.39, 0.29) is 21.4 Å². The Labute approximate surface area is 132 Å². The number of hydrogen-bond acceptors (Lipinski definition) is 3. The van der Waals surface area contributed by atoms with Crippen LogP contribution in [0.1, 0.15) is 5.56 Å². The number of hydrogen-bond donors (Lipinski definition) is 1. The first kappa shape index (κ1) is 15.4. The highest BCUT2D eigenvalue weighted by molar-refractivity contribution is 7.90. The molecule has 0 aromatic heterocycles. The molecule has 2 aromatic carbocycles. The minimum absolute atomic E-state index is 0.0129. The highest BCUT2D eigenvalue weighted by Gasteiger charge is 2.20. The average molecular weight is 351 g/mol. The van der Waals surface area contributed by atoms with Crippen LogP contribution in [0.3, 0.4) is 0 Å². The van der Waals surface area contributed by atoms with Crippen molar-refractivity contribution in [2.75, 3.05) is 5.73 Å². The summed E-state index contributed by atoms with van der Waals surface area (Å²) in [6, 6.07) is 9.14. The lowest BCUT2D eigenvalue weighted by atomic mass is 10.2. The number of sulfone groups is 1. The molecule has 3 nitrogen and oxygen atoms in total. The first-order valence-corrected chi connectivity index (χ1v) is 8.30. The van der Waals surface area contributed by atoms with E-state index in [4.69, 9.17) is 40.5 Å². The van der Waals surface area contributed by atoms with Crippen LogP contribution in [0.15, 0.2) is 41.3 Å². The van der Waals surface area contributed by atoms with Crippen LogP contribution in [0.25, 0.3) is 0 Å². The lowest BCUT2D eigenvalue weighted by molar-refractivity contribution is 0.595. The van der Waals surface area contributed by atoms with Gasteiger partial charge in [0.15, 0.2) is 9.84 Å². The number of nitrogen functional groups attached to an aromatic ring is 1. The minimum atomic E-state index is -3.66. The molecule has 2 aromatic rings. The van der Waals surface area contributed by atoms with E-state index in [1.165, 1.54) is 18.2 Å². The molecule has 0 bridgehead atoms. The van der Waals surface area contributed by atoms with Crippen molar-refractivity contribution >= 4 is 50.3 Å². The minimum Gasteiger partial charge on any atom is -0.398 e. The first-order chi connectivity index (χ1) is 9.31. The van der Waals surface area contributed by atoms with Gasteiger partial charge in [0.05, 0.1) is 26.4 Å². The predicted octanol–water partition coefficient (Wildman–Crippen LogP) is 4.20. The molecule has 0 aliphatic heterocycles. The normalized spacial score (nSPS) is 11.6. The van der Waals surface area contributed by atoms with Crippen molar-refractivity contribution in [1.82, 2.24) is 0 Å². The Hall–Kier alpha value is -0.940. The summed E-state index contributed by atoms with van der Waals surface area (Å²) in [6.45, 7) is 0. The largest absolute Gasteiger partial charge is 0.398 e. The Bertz CT molecular complexity index is 760. The monoisotopic (exact) mass is 349 g/mol. The third-order valence-electron chi connectivity index (χ3n) is 2.69. The number of benzene rings is 2. The van der Waals surface area contributed by atoms with E-state index in [9.17, 15) is 8.42 Å². The number of halogens is 3. The summed E-state index contributed by atoms with van der Waals surface area (Å²) in [6.07, 6.45) is 0. The summed E-state index contributed by atoms with van der Waals surface area (Å²) in [5, 5.41) is 0.826. The van der Waals surface area contributed by atoms with E-state index in [0.717, 1.165) is 0 Å². The molecule has 7 heteroatoms. The molecular formula is C13H10Cl3NO2S. The van der Waals surface area contributed by atoms with Gasteiger partial charge in [-0.25, -0.2) is 8.42 Å². The van der Waals surface area contributed by atoms with Crippen LogP contribution in [0, 0.1) is 0 Å². The number of rotatable bonds is 3. The smallest absolute Gasteiger partial charge is 0.184 e. The van der Waals surface area contributed by atoms with E-state index >= 15 is 0 Å². The van der Waals surface area contributed by atoms with Gasteiger partial charge < -0.3 is 5.73 Å². The van der Waals surface area contributed by atoms with Gasteiger partial charge in [-0.1, -0.05) is 46.9 Å². The van der Waals surface area contributed by atoms with Crippen LogP contribution in [0.4, 0.5) is 5.69 Å². The second-order valence-electron chi connectivity index (χ2n) is 4.15. The summed E-state index contributed by atoms with van der Waals surface area (Å²) in [4.78, 5) is -0.0129. The molecule has 0 saturated heterocycles. The Balaban J connectivity index is 2.46. The van der Waals surface area contributed by atoms with Crippen molar-refractivity contribution < 1.29 is 8.42 Å². The Morgan fingerprint density at radius 1 is 1.05 bits per heavy atom. The quantitative estimate of drug-likeness (QED) is 0.844. The second-order valence-corrected chi connectivity index (χ2v) is 7.33. The zero-order chi connectivity index (χ0) is 14.9. The van der Waals surface area contributed by atoms with Crippen LogP contribution in [0.2, 0.25) is 15.1 Å². The maximum absolute atomic E-state index is 12.4. The van der Waals surface area contributed by atoms with Crippen LogP contribution in [0.5, 0.6) is 0 Å². The van der Waals surface area contributed by atoms with Gasteiger partial charge in [0, 0.05) is 5.02 Å². The summed E-state index contributed by atoms with van der Waals surface area (Å²) in [5.74, 6) is -0.295. The van der Waals surface area contributed by atoms with Gasteiger partial charge in [-0.05, 0) is 29.8 Å². The van der Waals surface area contributed by atoms with Gasteiger partial charge in [-0.2, -0.15) is 0 Å². The molecule has 0 unspecified atom stereocenters. The highest BCUT2D eigenvalue weighted by atomic mass is 35.5. The van der Waals surface area contributed by atoms with Gasteiger partial charge in [-0.3, -0.25) is 0 Å². The van der Waals surface area contributed by atoms with Crippen LogP contribution >= 0.6 is 34.8 Å². The lowest BCUT2D eigenvalue weighted by Crippen LogP contribution is -2.08. The maximum atomic E-state index is 12.4. The van der Waals surface area contributed by atoms with Gasteiger partial charge in [0.1, 0.15) is 0 Å². The summed E-state index contributed by atoms with van der Waals surface area (Å²) in [5.41, 5.74) is 6.26. The van der Waals surface area contributed by atoms with Gasteiger partial charge >= 0.3 is 0 Å². The maximum Gasteiger partial charge on any atom is 0.184 e. The average Bonchev–Trinajstić information content (AvgIpc) is 2.37. The van der Waals surface area contributed by atoms with E-state index in [1.807, 2.05) is 0 Å². The molecule has 0 heterocycles. The zero-order valence-electron chi connectivity index (χ0n) is 10.1. The number of nitrogens with two attached hydrogens (primary N) is 1. The summed E-state index contributed by atoms with van der Waals surface area (Å²) >= 11 is 17.7. The van der Waals surface area contributed by atoms with Crippen molar-refractivity contribution in [2.45, 2.75) is 10.6 Å². The SMILES string of the molecule is Nc1ccc(Cl)cc1S(=O)(=O)Cc1cccc(Cl)c1Cl. The van der Waals surface area contributed by atoms with Crippen LogP contribution in [-0.2, 0) is 15.6 Å². The topological polar surface area (TPSA) is 60.2 Å². The third kappa shape index (κ3) is 3.20.